The van der Waals surface area contributed by atoms with Crippen molar-refractivity contribution < 1.29 is 14.3 Å². The van der Waals surface area contributed by atoms with Gasteiger partial charge in [-0.1, -0.05) is 18.2 Å². The number of rotatable bonds is 4. The maximum absolute atomic E-state index is 11.1. The van der Waals surface area contributed by atoms with Crippen molar-refractivity contribution in [2.24, 2.45) is 0 Å². The summed E-state index contributed by atoms with van der Waals surface area (Å²) >= 11 is 0. The molecule has 0 aliphatic rings. The standard InChI is InChI=1S/C11H14O3.2ClH/c1-9(2)14-11(12)8-13-10-6-4-3-5-7-10;;/h3-7,9H,8H2,1-2H3;2*1H. The summed E-state index contributed by atoms with van der Waals surface area (Å²) in [5.74, 6) is 0.331. The molecular weight excluding hydrogens is 251 g/mol. The molecule has 1 rings (SSSR count). The molecule has 0 N–H and O–H groups in total. The molecule has 0 saturated carbocycles. The van der Waals surface area contributed by atoms with E-state index in [1.165, 1.54) is 0 Å². The Hall–Kier alpha value is -0.930. The summed E-state index contributed by atoms with van der Waals surface area (Å²) in [5, 5.41) is 0. The highest BCUT2D eigenvalue weighted by molar-refractivity contribution is 5.85. The number of halogens is 2. The molecule has 1 aromatic carbocycles. The van der Waals surface area contributed by atoms with Crippen LogP contribution in [0.15, 0.2) is 30.3 Å². The fraction of sp³-hybridized carbons (Fsp3) is 0.364. The third-order valence-electron chi connectivity index (χ3n) is 1.47. The normalized spacial score (nSPS) is 8.69. The molecule has 0 bridgehead atoms. The van der Waals surface area contributed by atoms with Gasteiger partial charge in [0.2, 0.25) is 0 Å². The molecule has 0 radical (unpaired) electrons. The van der Waals surface area contributed by atoms with E-state index >= 15 is 0 Å². The highest BCUT2D eigenvalue weighted by atomic mass is 35.5. The summed E-state index contributed by atoms with van der Waals surface area (Å²) in [7, 11) is 0. The summed E-state index contributed by atoms with van der Waals surface area (Å²) < 4.78 is 10.1. The maximum Gasteiger partial charge on any atom is 0.344 e. The molecule has 0 saturated heterocycles. The van der Waals surface area contributed by atoms with Gasteiger partial charge < -0.3 is 9.47 Å². The monoisotopic (exact) mass is 266 g/mol. The highest BCUT2D eigenvalue weighted by Crippen LogP contribution is 2.07. The molecule has 0 aromatic heterocycles. The zero-order valence-corrected chi connectivity index (χ0v) is 10.8. The number of benzene rings is 1. The van der Waals surface area contributed by atoms with Crippen LogP contribution in [0.4, 0.5) is 0 Å². The van der Waals surface area contributed by atoms with E-state index in [1.54, 1.807) is 26.0 Å². The fourth-order valence-corrected chi connectivity index (χ4v) is 0.956. The van der Waals surface area contributed by atoms with Crippen molar-refractivity contribution in [1.29, 1.82) is 0 Å². The molecule has 92 valence electrons. The zero-order valence-electron chi connectivity index (χ0n) is 9.21. The summed E-state index contributed by atoms with van der Waals surface area (Å²) in [6, 6.07) is 9.18. The minimum Gasteiger partial charge on any atom is -0.482 e. The summed E-state index contributed by atoms with van der Waals surface area (Å²) in [5.41, 5.74) is 0. The van der Waals surface area contributed by atoms with E-state index in [1.807, 2.05) is 18.2 Å². The lowest BCUT2D eigenvalue weighted by Crippen LogP contribution is -2.18. The highest BCUT2D eigenvalue weighted by Gasteiger charge is 2.05. The van der Waals surface area contributed by atoms with Crippen molar-refractivity contribution in [1.82, 2.24) is 0 Å². The van der Waals surface area contributed by atoms with Crippen LogP contribution in [0.2, 0.25) is 0 Å². The van der Waals surface area contributed by atoms with Gasteiger partial charge in [-0.15, -0.1) is 24.8 Å². The topological polar surface area (TPSA) is 35.5 Å². The van der Waals surface area contributed by atoms with E-state index in [0.717, 1.165) is 0 Å². The lowest BCUT2D eigenvalue weighted by molar-refractivity contribution is -0.149. The largest absolute Gasteiger partial charge is 0.482 e. The van der Waals surface area contributed by atoms with Crippen molar-refractivity contribution in [2.45, 2.75) is 20.0 Å². The third-order valence-corrected chi connectivity index (χ3v) is 1.47. The zero-order chi connectivity index (χ0) is 10.4. The van der Waals surface area contributed by atoms with Crippen LogP contribution in [-0.4, -0.2) is 18.7 Å². The second-order valence-corrected chi connectivity index (χ2v) is 3.14. The lowest BCUT2D eigenvalue weighted by Gasteiger charge is -2.08. The minimum absolute atomic E-state index is 0. The van der Waals surface area contributed by atoms with E-state index < -0.39 is 0 Å². The van der Waals surface area contributed by atoms with E-state index in [0.29, 0.717) is 5.75 Å². The Kier molecular flexibility index (Phi) is 10.2. The van der Waals surface area contributed by atoms with Gasteiger partial charge in [-0.2, -0.15) is 0 Å². The molecule has 0 heterocycles. The first kappa shape index (κ1) is 17.5. The molecule has 0 fully saturated rings. The molecule has 0 unspecified atom stereocenters. The quantitative estimate of drug-likeness (QED) is 0.787. The van der Waals surface area contributed by atoms with Gasteiger partial charge in [0.15, 0.2) is 6.61 Å². The molecule has 0 spiro atoms. The molecule has 5 heteroatoms. The Morgan fingerprint density at radius 3 is 2.25 bits per heavy atom. The van der Waals surface area contributed by atoms with Crippen molar-refractivity contribution in [3.05, 3.63) is 30.3 Å². The number of esters is 1. The van der Waals surface area contributed by atoms with Crippen LogP contribution in [0.5, 0.6) is 5.75 Å². The van der Waals surface area contributed by atoms with Gasteiger partial charge in [0.25, 0.3) is 0 Å². The predicted octanol–water partition coefficient (Wildman–Crippen LogP) is 2.86. The van der Waals surface area contributed by atoms with Crippen LogP contribution < -0.4 is 4.74 Å². The third kappa shape index (κ3) is 7.37. The number of carbonyl (C=O) groups excluding carboxylic acids is 1. The SMILES string of the molecule is CC(C)OC(=O)COc1ccccc1.Cl.Cl. The van der Waals surface area contributed by atoms with Gasteiger partial charge in [0.05, 0.1) is 6.10 Å². The Labute approximate surface area is 108 Å². The van der Waals surface area contributed by atoms with Gasteiger partial charge in [-0.25, -0.2) is 4.79 Å². The molecular formula is C11H16Cl2O3. The first-order valence-electron chi connectivity index (χ1n) is 4.56. The van der Waals surface area contributed by atoms with Crippen LogP contribution in [0.1, 0.15) is 13.8 Å². The average Bonchev–Trinajstić information content (AvgIpc) is 2.15. The van der Waals surface area contributed by atoms with E-state index in [4.69, 9.17) is 9.47 Å². The van der Waals surface area contributed by atoms with Crippen molar-refractivity contribution in [2.75, 3.05) is 6.61 Å². The van der Waals surface area contributed by atoms with E-state index in [-0.39, 0.29) is 43.5 Å². The van der Waals surface area contributed by atoms with Gasteiger partial charge in [0, 0.05) is 0 Å². The van der Waals surface area contributed by atoms with Crippen LogP contribution in [0.25, 0.3) is 0 Å². The Morgan fingerprint density at radius 2 is 1.75 bits per heavy atom. The smallest absolute Gasteiger partial charge is 0.344 e. The number of hydrogen-bond donors (Lipinski definition) is 0. The van der Waals surface area contributed by atoms with Gasteiger partial charge in [0.1, 0.15) is 5.75 Å². The first-order valence-corrected chi connectivity index (χ1v) is 4.56. The first-order chi connectivity index (χ1) is 6.68. The molecule has 16 heavy (non-hydrogen) atoms. The van der Waals surface area contributed by atoms with E-state index in [2.05, 4.69) is 0 Å². The summed E-state index contributed by atoms with van der Waals surface area (Å²) in [6.07, 6.45) is -0.0955. The van der Waals surface area contributed by atoms with Crippen molar-refractivity contribution >= 4 is 30.8 Å². The van der Waals surface area contributed by atoms with Crippen molar-refractivity contribution in [3.63, 3.8) is 0 Å². The van der Waals surface area contributed by atoms with E-state index in [9.17, 15) is 4.79 Å². The maximum atomic E-state index is 11.1. The van der Waals surface area contributed by atoms with Crippen LogP contribution >= 0.6 is 24.8 Å². The predicted molar refractivity (Wildman–Crippen MR) is 67.7 cm³/mol. The van der Waals surface area contributed by atoms with Crippen LogP contribution in [0.3, 0.4) is 0 Å². The Bertz CT molecular complexity index is 289. The lowest BCUT2D eigenvalue weighted by atomic mass is 10.3. The van der Waals surface area contributed by atoms with Crippen molar-refractivity contribution in [3.8, 4) is 5.75 Å². The van der Waals surface area contributed by atoms with Gasteiger partial charge >= 0.3 is 5.97 Å². The molecule has 0 aliphatic carbocycles. The second-order valence-electron chi connectivity index (χ2n) is 3.14. The fourth-order valence-electron chi connectivity index (χ4n) is 0.956. The molecule has 0 amide bonds. The summed E-state index contributed by atoms with van der Waals surface area (Å²) in [6.45, 7) is 3.57. The molecule has 0 atom stereocenters. The molecule has 1 aromatic rings. The Morgan fingerprint density at radius 1 is 1.19 bits per heavy atom. The van der Waals surface area contributed by atoms with Gasteiger partial charge in [-0.3, -0.25) is 0 Å². The number of hydrogen-bond acceptors (Lipinski definition) is 3. The number of ether oxygens (including phenoxy) is 2. The molecule has 3 nitrogen and oxygen atoms in total. The van der Waals surface area contributed by atoms with Crippen LogP contribution in [0, 0.1) is 0 Å². The van der Waals surface area contributed by atoms with Crippen LogP contribution in [-0.2, 0) is 9.53 Å². The minimum atomic E-state index is -0.344. The Balaban J connectivity index is 0. The van der Waals surface area contributed by atoms with Gasteiger partial charge in [-0.05, 0) is 26.0 Å². The molecule has 0 aliphatic heterocycles. The summed E-state index contributed by atoms with van der Waals surface area (Å²) in [4.78, 5) is 11.1. The number of para-hydroxylation sites is 1. The average molecular weight is 267 g/mol. The second kappa shape index (κ2) is 9.31. The number of carbonyl (C=O) groups is 1.